The summed E-state index contributed by atoms with van der Waals surface area (Å²) in [6, 6.07) is 23.6. The van der Waals surface area contributed by atoms with Gasteiger partial charge in [-0.3, -0.25) is 4.79 Å². The van der Waals surface area contributed by atoms with E-state index >= 15 is 0 Å². The van der Waals surface area contributed by atoms with E-state index in [1.807, 2.05) is 66.7 Å². The number of nitrogens with zero attached hydrogens (tertiary/aromatic N) is 1. The Morgan fingerprint density at radius 3 is 2.59 bits per heavy atom. The lowest BCUT2D eigenvalue weighted by atomic mass is 9.91. The number of ether oxygens (including phenoxy) is 1. The number of anilines is 2. The normalized spacial score (nSPS) is 14.9. The number of allylic oxidation sites excluding steroid dienone is 1. The molecule has 0 amide bonds. The predicted molar refractivity (Wildman–Crippen MR) is 119 cm³/mol. The lowest BCUT2D eigenvalue weighted by Crippen LogP contribution is -2.40. The third-order valence-corrected chi connectivity index (χ3v) is 5.97. The standard InChI is InChI=1S/C24H19BrN2O2/c25-20-11-5-4-10-18(20)23(28)19-15-16-7-6-12-21-22(16)27(13-14-29-21)24(19)26-17-8-2-1-3-9-17/h1-12,26H,13-15H2. The van der Waals surface area contributed by atoms with Gasteiger partial charge in [-0.05, 0) is 35.9 Å². The minimum absolute atomic E-state index is 0.0263. The van der Waals surface area contributed by atoms with E-state index in [-0.39, 0.29) is 5.78 Å². The first-order chi connectivity index (χ1) is 14.2. The van der Waals surface area contributed by atoms with E-state index in [4.69, 9.17) is 4.74 Å². The van der Waals surface area contributed by atoms with Crippen molar-refractivity contribution >= 4 is 33.1 Å². The Bertz CT molecular complexity index is 1120. The van der Waals surface area contributed by atoms with Crippen LogP contribution in [0.15, 0.2) is 88.7 Å². The summed E-state index contributed by atoms with van der Waals surface area (Å²) < 4.78 is 6.69. The van der Waals surface area contributed by atoms with Gasteiger partial charge < -0.3 is 15.0 Å². The second-order valence-corrected chi connectivity index (χ2v) is 7.92. The smallest absolute Gasteiger partial charge is 0.194 e. The second kappa shape index (κ2) is 7.41. The Morgan fingerprint density at radius 1 is 0.966 bits per heavy atom. The minimum Gasteiger partial charge on any atom is -0.490 e. The van der Waals surface area contributed by atoms with E-state index in [0.29, 0.717) is 25.1 Å². The largest absolute Gasteiger partial charge is 0.490 e. The Labute approximate surface area is 177 Å². The number of hydrogen-bond donors (Lipinski definition) is 1. The van der Waals surface area contributed by atoms with Crippen LogP contribution >= 0.6 is 15.9 Å². The van der Waals surface area contributed by atoms with Crippen LogP contribution in [0, 0.1) is 0 Å². The lowest BCUT2D eigenvalue weighted by molar-refractivity contribution is 0.102. The van der Waals surface area contributed by atoms with Gasteiger partial charge in [0.15, 0.2) is 5.78 Å². The first kappa shape index (κ1) is 18.0. The summed E-state index contributed by atoms with van der Waals surface area (Å²) in [5.41, 5.74) is 4.54. The Morgan fingerprint density at radius 2 is 1.76 bits per heavy atom. The summed E-state index contributed by atoms with van der Waals surface area (Å²) in [5.74, 6) is 1.73. The molecule has 3 aromatic carbocycles. The summed E-state index contributed by atoms with van der Waals surface area (Å²) in [7, 11) is 0. The molecule has 0 unspecified atom stereocenters. The zero-order valence-electron chi connectivity index (χ0n) is 15.7. The number of rotatable bonds is 4. The van der Waals surface area contributed by atoms with Gasteiger partial charge in [-0.2, -0.15) is 0 Å². The highest BCUT2D eigenvalue weighted by atomic mass is 79.9. The Kier molecular flexibility index (Phi) is 4.60. The van der Waals surface area contributed by atoms with Crippen LogP contribution < -0.4 is 15.0 Å². The van der Waals surface area contributed by atoms with Crippen LogP contribution in [0.3, 0.4) is 0 Å². The van der Waals surface area contributed by atoms with Gasteiger partial charge >= 0.3 is 0 Å². The van der Waals surface area contributed by atoms with E-state index in [9.17, 15) is 4.79 Å². The third-order valence-electron chi connectivity index (χ3n) is 5.28. The molecule has 0 atom stereocenters. The molecule has 0 aliphatic carbocycles. The van der Waals surface area contributed by atoms with Crippen molar-refractivity contribution in [3.05, 3.63) is 99.8 Å². The van der Waals surface area contributed by atoms with Crippen molar-refractivity contribution in [2.75, 3.05) is 23.4 Å². The van der Waals surface area contributed by atoms with Crippen molar-refractivity contribution in [1.29, 1.82) is 0 Å². The van der Waals surface area contributed by atoms with Crippen LogP contribution in [0.5, 0.6) is 5.75 Å². The Balaban J connectivity index is 1.67. The summed E-state index contributed by atoms with van der Waals surface area (Å²) in [6.45, 7) is 1.26. The SMILES string of the molecule is O=C(C1=C(Nc2ccccc2)N2CCOc3cccc(c32)C1)c1ccccc1Br. The van der Waals surface area contributed by atoms with Gasteiger partial charge in [-0.1, -0.05) is 58.4 Å². The van der Waals surface area contributed by atoms with E-state index in [1.54, 1.807) is 0 Å². The highest BCUT2D eigenvalue weighted by Gasteiger charge is 2.34. The van der Waals surface area contributed by atoms with Crippen LogP contribution in [0.1, 0.15) is 15.9 Å². The summed E-state index contributed by atoms with van der Waals surface area (Å²) >= 11 is 3.54. The minimum atomic E-state index is 0.0263. The summed E-state index contributed by atoms with van der Waals surface area (Å²) in [6.07, 6.45) is 0.554. The molecule has 0 saturated carbocycles. The van der Waals surface area contributed by atoms with E-state index in [0.717, 1.165) is 38.6 Å². The molecule has 2 heterocycles. The topological polar surface area (TPSA) is 41.6 Å². The summed E-state index contributed by atoms with van der Waals surface area (Å²) in [4.78, 5) is 15.8. The number of para-hydroxylation sites is 2. The van der Waals surface area contributed by atoms with Crippen LogP contribution in [0.2, 0.25) is 0 Å². The zero-order valence-corrected chi connectivity index (χ0v) is 17.3. The van der Waals surface area contributed by atoms with Crippen molar-refractivity contribution in [3.63, 3.8) is 0 Å². The van der Waals surface area contributed by atoms with Crippen LogP contribution in [0.25, 0.3) is 0 Å². The first-order valence-corrected chi connectivity index (χ1v) is 10.4. The van der Waals surface area contributed by atoms with Gasteiger partial charge in [0.1, 0.15) is 18.2 Å². The molecule has 0 radical (unpaired) electrons. The number of nitrogens with one attached hydrogen (secondary N) is 1. The van der Waals surface area contributed by atoms with Gasteiger partial charge in [-0.25, -0.2) is 0 Å². The number of hydrogen-bond acceptors (Lipinski definition) is 4. The summed E-state index contributed by atoms with van der Waals surface area (Å²) in [5, 5.41) is 3.52. The number of Topliss-reactive ketones (excluding diaryl/α,β-unsaturated/α-hetero) is 1. The predicted octanol–water partition coefficient (Wildman–Crippen LogP) is 5.41. The lowest BCUT2D eigenvalue weighted by Gasteiger charge is -2.39. The number of carbonyl (C=O) groups excluding carboxylic acids is 1. The molecule has 0 bridgehead atoms. The molecule has 2 aliphatic rings. The average Bonchev–Trinajstić information content (AvgIpc) is 2.76. The molecule has 4 nitrogen and oxygen atoms in total. The highest BCUT2D eigenvalue weighted by Crippen LogP contribution is 2.43. The number of halogens is 1. The maximum absolute atomic E-state index is 13.6. The number of ketones is 1. The van der Waals surface area contributed by atoms with E-state index in [1.165, 1.54) is 0 Å². The maximum atomic E-state index is 13.6. The van der Waals surface area contributed by atoms with Gasteiger partial charge in [0.2, 0.25) is 0 Å². The molecule has 0 fully saturated rings. The van der Waals surface area contributed by atoms with Crippen molar-refractivity contribution < 1.29 is 9.53 Å². The maximum Gasteiger partial charge on any atom is 0.194 e. The molecule has 0 saturated heterocycles. The Hall–Kier alpha value is -3.05. The van der Waals surface area contributed by atoms with Crippen LogP contribution in [-0.4, -0.2) is 18.9 Å². The third kappa shape index (κ3) is 3.21. The van der Waals surface area contributed by atoms with Crippen molar-refractivity contribution in [2.24, 2.45) is 0 Å². The molecule has 2 aliphatic heterocycles. The molecule has 29 heavy (non-hydrogen) atoms. The molecule has 1 N–H and O–H groups in total. The zero-order chi connectivity index (χ0) is 19.8. The molecule has 144 valence electrons. The first-order valence-electron chi connectivity index (χ1n) is 9.59. The molecule has 5 heteroatoms. The van der Waals surface area contributed by atoms with E-state index < -0.39 is 0 Å². The van der Waals surface area contributed by atoms with E-state index in [2.05, 4.69) is 32.2 Å². The molecular formula is C24H19BrN2O2. The quantitative estimate of drug-likeness (QED) is 0.543. The average molecular weight is 447 g/mol. The van der Waals surface area contributed by atoms with Crippen LogP contribution in [-0.2, 0) is 6.42 Å². The second-order valence-electron chi connectivity index (χ2n) is 7.07. The monoisotopic (exact) mass is 446 g/mol. The van der Waals surface area contributed by atoms with Crippen molar-refractivity contribution in [3.8, 4) is 5.75 Å². The molecule has 5 rings (SSSR count). The molecule has 0 aromatic heterocycles. The number of benzene rings is 3. The van der Waals surface area contributed by atoms with Gasteiger partial charge in [-0.15, -0.1) is 0 Å². The van der Waals surface area contributed by atoms with Crippen LogP contribution in [0.4, 0.5) is 11.4 Å². The highest BCUT2D eigenvalue weighted by molar-refractivity contribution is 9.10. The molecule has 3 aromatic rings. The van der Waals surface area contributed by atoms with Crippen molar-refractivity contribution in [2.45, 2.75) is 6.42 Å². The fourth-order valence-electron chi connectivity index (χ4n) is 3.95. The van der Waals surface area contributed by atoms with Gasteiger partial charge in [0.05, 0.1) is 12.2 Å². The molecule has 0 spiro atoms. The number of carbonyl (C=O) groups is 1. The molecular weight excluding hydrogens is 428 g/mol. The van der Waals surface area contributed by atoms with Gasteiger partial charge in [0, 0.05) is 27.7 Å². The van der Waals surface area contributed by atoms with Gasteiger partial charge in [0.25, 0.3) is 0 Å². The van der Waals surface area contributed by atoms with Crippen molar-refractivity contribution in [1.82, 2.24) is 0 Å². The fourth-order valence-corrected chi connectivity index (χ4v) is 4.41. The fraction of sp³-hybridized carbons (Fsp3) is 0.125.